The van der Waals surface area contributed by atoms with Crippen LogP contribution in [0.2, 0.25) is 0 Å². The van der Waals surface area contributed by atoms with Gasteiger partial charge in [-0.15, -0.1) is 0 Å². The van der Waals surface area contributed by atoms with Gasteiger partial charge in [-0.05, 0) is 42.9 Å². The molecule has 0 spiro atoms. The Morgan fingerprint density at radius 2 is 1.94 bits per heavy atom. The smallest absolute Gasteiger partial charge is 0.0322 e. The zero-order chi connectivity index (χ0) is 13.4. The molecule has 0 saturated heterocycles. The molecule has 0 saturated carbocycles. The SMILES string of the molecule is CCCNC(CC(C)CC)c1cccc(CC)c1. The summed E-state index contributed by atoms with van der Waals surface area (Å²) >= 11 is 0. The summed E-state index contributed by atoms with van der Waals surface area (Å²) in [4.78, 5) is 0. The van der Waals surface area contributed by atoms with Crippen molar-refractivity contribution in [2.45, 2.75) is 59.4 Å². The number of hydrogen-bond donors (Lipinski definition) is 1. The van der Waals surface area contributed by atoms with Crippen molar-refractivity contribution in [3.8, 4) is 0 Å². The highest BCUT2D eigenvalue weighted by molar-refractivity contribution is 5.26. The third kappa shape index (κ3) is 4.81. The lowest BCUT2D eigenvalue weighted by Crippen LogP contribution is -2.24. The molecule has 1 aromatic carbocycles. The van der Waals surface area contributed by atoms with E-state index in [9.17, 15) is 0 Å². The van der Waals surface area contributed by atoms with Crippen LogP contribution >= 0.6 is 0 Å². The predicted molar refractivity (Wildman–Crippen MR) is 80.9 cm³/mol. The predicted octanol–water partition coefficient (Wildman–Crippen LogP) is 4.73. The minimum Gasteiger partial charge on any atom is -0.310 e. The van der Waals surface area contributed by atoms with E-state index in [1.54, 1.807) is 0 Å². The highest BCUT2D eigenvalue weighted by atomic mass is 14.9. The number of rotatable bonds is 8. The summed E-state index contributed by atoms with van der Waals surface area (Å²) in [7, 11) is 0. The Labute approximate surface area is 113 Å². The fourth-order valence-electron chi connectivity index (χ4n) is 2.25. The zero-order valence-electron chi connectivity index (χ0n) is 12.5. The first-order valence-electron chi connectivity index (χ1n) is 7.53. The molecule has 18 heavy (non-hydrogen) atoms. The highest BCUT2D eigenvalue weighted by Crippen LogP contribution is 2.24. The van der Waals surface area contributed by atoms with Crippen molar-refractivity contribution >= 4 is 0 Å². The molecule has 0 bridgehead atoms. The summed E-state index contributed by atoms with van der Waals surface area (Å²) in [5.41, 5.74) is 2.91. The molecule has 0 heterocycles. The maximum Gasteiger partial charge on any atom is 0.0322 e. The van der Waals surface area contributed by atoms with Crippen LogP contribution in [0.5, 0.6) is 0 Å². The maximum atomic E-state index is 3.70. The summed E-state index contributed by atoms with van der Waals surface area (Å²) in [6, 6.07) is 9.59. The molecule has 0 aliphatic rings. The van der Waals surface area contributed by atoms with Crippen LogP contribution in [0.15, 0.2) is 24.3 Å². The first-order chi connectivity index (χ1) is 8.71. The van der Waals surface area contributed by atoms with Crippen LogP contribution in [0.25, 0.3) is 0 Å². The molecule has 1 nitrogen and oxygen atoms in total. The van der Waals surface area contributed by atoms with Gasteiger partial charge in [0.1, 0.15) is 0 Å². The van der Waals surface area contributed by atoms with Crippen molar-refractivity contribution in [1.29, 1.82) is 0 Å². The van der Waals surface area contributed by atoms with E-state index in [0.717, 1.165) is 18.9 Å². The van der Waals surface area contributed by atoms with Crippen molar-refractivity contribution in [3.63, 3.8) is 0 Å². The van der Waals surface area contributed by atoms with Crippen LogP contribution in [0.4, 0.5) is 0 Å². The summed E-state index contributed by atoms with van der Waals surface area (Å²) in [5, 5.41) is 3.70. The lowest BCUT2D eigenvalue weighted by molar-refractivity contribution is 0.402. The van der Waals surface area contributed by atoms with E-state index in [1.807, 2.05) is 0 Å². The topological polar surface area (TPSA) is 12.0 Å². The molecule has 0 aliphatic carbocycles. The van der Waals surface area contributed by atoms with Gasteiger partial charge in [0.2, 0.25) is 0 Å². The van der Waals surface area contributed by atoms with E-state index in [2.05, 4.69) is 57.3 Å². The second kappa shape index (κ2) is 8.31. The van der Waals surface area contributed by atoms with Gasteiger partial charge in [0.05, 0.1) is 0 Å². The number of hydrogen-bond acceptors (Lipinski definition) is 1. The van der Waals surface area contributed by atoms with Gasteiger partial charge in [-0.2, -0.15) is 0 Å². The van der Waals surface area contributed by atoms with Crippen molar-refractivity contribution in [2.75, 3.05) is 6.54 Å². The molecular weight excluding hydrogens is 218 g/mol. The second-order valence-corrected chi connectivity index (χ2v) is 5.35. The molecule has 0 amide bonds. The lowest BCUT2D eigenvalue weighted by atomic mass is 9.93. The molecule has 0 aliphatic heterocycles. The fraction of sp³-hybridized carbons (Fsp3) is 0.647. The van der Waals surface area contributed by atoms with Gasteiger partial charge < -0.3 is 5.32 Å². The van der Waals surface area contributed by atoms with Gasteiger partial charge in [-0.1, -0.05) is 58.4 Å². The van der Waals surface area contributed by atoms with Crippen LogP contribution < -0.4 is 5.32 Å². The van der Waals surface area contributed by atoms with Crippen LogP contribution in [-0.2, 0) is 6.42 Å². The Morgan fingerprint density at radius 3 is 2.56 bits per heavy atom. The molecule has 1 N–H and O–H groups in total. The van der Waals surface area contributed by atoms with Crippen LogP contribution in [0.3, 0.4) is 0 Å². The van der Waals surface area contributed by atoms with Crippen LogP contribution in [0, 0.1) is 5.92 Å². The third-order valence-electron chi connectivity index (χ3n) is 3.74. The van der Waals surface area contributed by atoms with Crippen molar-refractivity contribution in [3.05, 3.63) is 35.4 Å². The van der Waals surface area contributed by atoms with E-state index >= 15 is 0 Å². The van der Waals surface area contributed by atoms with Gasteiger partial charge >= 0.3 is 0 Å². The third-order valence-corrected chi connectivity index (χ3v) is 3.74. The number of aryl methyl sites for hydroxylation is 1. The van der Waals surface area contributed by atoms with Gasteiger partial charge in [-0.25, -0.2) is 0 Å². The Balaban J connectivity index is 2.78. The molecule has 102 valence electrons. The average Bonchev–Trinajstić information content (AvgIpc) is 2.43. The van der Waals surface area contributed by atoms with Gasteiger partial charge in [0.25, 0.3) is 0 Å². The fourth-order valence-corrected chi connectivity index (χ4v) is 2.25. The number of nitrogens with one attached hydrogen (secondary N) is 1. The largest absolute Gasteiger partial charge is 0.310 e. The Hall–Kier alpha value is -0.820. The molecule has 0 aromatic heterocycles. The summed E-state index contributed by atoms with van der Waals surface area (Å²) in [5.74, 6) is 0.782. The molecule has 1 heteroatoms. The van der Waals surface area contributed by atoms with E-state index in [0.29, 0.717) is 6.04 Å². The molecular formula is C17H29N. The minimum absolute atomic E-state index is 0.520. The molecule has 1 aromatic rings. The molecule has 2 unspecified atom stereocenters. The normalized spacial score (nSPS) is 14.4. The van der Waals surface area contributed by atoms with Crippen LogP contribution in [-0.4, -0.2) is 6.54 Å². The van der Waals surface area contributed by atoms with Crippen LogP contribution in [0.1, 0.15) is 64.1 Å². The first-order valence-corrected chi connectivity index (χ1v) is 7.53. The van der Waals surface area contributed by atoms with Gasteiger partial charge in [-0.3, -0.25) is 0 Å². The Morgan fingerprint density at radius 1 is 1.17 bits per heavy atom. The molecule has 0 fully saturated rings. The standard InChI is InChI=1S/C17H29N/c1-5-11-18-17(12-14(4)6-2)16-10-8-9-15(7-3)13-16/h8-10,13-14,17-18H,5-7,11-12H2,1-4H3. The molecule has 0 radical (unpaired) electrons. The average molecular weight is 247 g/mol. The summed E-state index contributed by atoms with van der Waals surface area (Å²) < 4.78 is 0. The van der Waals surface area contributed by atoms with Crippen molar-refractivity contribution < 1.29 is 0 Å². The highest BCUT2D eigenvalue weighted by Gasteiger charge is 2.13. The Kier molecular flexibility index (Phi) is 7.04. The number of benzene rings is 1. The van der Waals surface area contributed by atoms with E-state index in [1.165, 1.54) is 30.4 Å². The van der Waals surface area contributed by atoms with Crippen molar-refractivity contribution in [1.82, 2.24) is 5.32 Å². The monoisotopic (exact) mass is 247 g/mol. The Bertz CT molecular complexity index is 332. The second-order valence-electron chi connectivity index (χ2n) is 5.35. The van der Waals surface area contributed by atoms with Gasteiger partial charge in [0.15, 0.2) is 0 Å². The zero-order valence-corrected chi connectivity index (χ0v) is 12.5. The molecule has 2 atom stereocenters. The lowest BCUT2D eigenvalue weighted by Gasteiger charge is -2.22. The van der Waals surface area contributed by atoms with E-state index < -0.39 is 0 Å². The summed E-state index contributed by atoms with van der Waals surface area (Å²) in [6.45, 7) is 10.2. The first kappa shape index (κ1) is 15.2. The van der Waals surface area contributed by atoms with Crippen molar-refractivity contribution in [2.24, 2.45) is 5.92 Å². The van der Waals surface area contributed by atoms with Gasteiger partial charge in [0, 0.05) is 6.04 Å². The minimum atomic E-state index is 0.520. The van der Waals surface area contributed by atoms with E-state index in [-0.39, 0.29) is 0 Å². The summed E-state index contributed by atoms with van der Waals surface area (Å²) in [6.07, 6.45) is 4.82. The maximum absolute atomic E-state index is 3.70. The van der Waals surface area contributed by atoms with E-state index in [4.69, 9.17) is 0 Å². The molecule has 1 rings (SSSR count). The quantitative estimate of drug-likeness (QED) is 0.700.